The van der Waals surface area contributed by atoms with Crippen molar-refractivity contribution in [2.75, 3.05) is 0 Å². The fourth-order valence-electron chi connectivity index (χ4n) is 0.0779. The molecule has 3 nitrogen and oxygen atoms in total. The Morgan fingerprint density at radius 1 is 1.71 bits per heavy atom. The number of hydrogen-bond donors (Lipinski definition) is 0. The zero-order valence-electron chi connectivity index (χ0n) is 3.34. The second-order valence-electron chi connectivity index (χ2n) is 0.638. The lowest BCUT2D eigenvalue weighted by Crippen LogP contribution is -1.81. The summed E-state index contributed by atoms with van der Waals surface area (Å²) in [6.07, 6.45) is 4.55. The first-order valence-electron chi connectivity index (χ1n) is 1.38. The van der Waals surface area contributed by atoms with E-state index in [0.29, 0.717) is 0 Å². The predicted octanol–water partition coefficient (Wildman–Crippen LogP) is -0.143. The zero-order chi connectivity index (χ0) is 5.70. The van der Waals surface area contributed by atoms with Gasteiger partial charge < -0.3 is 0 Å². The molecule has 0 saturated heterocycles. The number of nitrogens with zero attached hydrogens (tertiary/aromatic N) is 1. The van der Waals surface area contributed by atoms with Gasteiger partial charge in [0.2, 0.25) is 0 Å². The van der Waals surface area contributed by atoms with Crippen LogP contribution in [0, 0.1) is 34.4 Å². The van der Waals surface area contributed by atoms with E-state index in [1.54, 1.807) is 5.92 Å². The molecule has 0 saturated carbocycles. The molecule has 0 unspecified atom stereocenters. The lowest BCUT2D eigenvalue weighted by atomic mass is 10.7. The summed E-state index contributed by atoms with van der Waals surface area (Å²) in [5.74, 6) is 3.62. The number of hydrogen-bond acceptors (Lipinski definition) is 2. The Morgan fingerprint density at radius 2 is 2.29 bits per heavy atom. The fraction of sp³-hybridized carbons (Fsp3) is 0. The Hall–Kier alpha value is -1.48. The molecule has 0 N–H and O–H groups in total. The van der Waals surface area contributed by atoms with Gasteiger partial charge >= 0.3 is 6.04 Å². The van der Waals surface area contributed by atoms with Crippen LogP contribution in [0.2, 0.25) is 0 Å². The van der Waals surface area contributed by atoms with Crippen LogP contribution in [0.4, 0.5) is 0 Å². The monoisotopic (exact) mass is 95.0 g/mol. The molecule has 0 heterocycles. The molecule has 0 aromatic heterocycles. The second kappa shape index (κ2) is 2.74. The molecule has 0 aliphatic heterocycles. The molecule has 0 radical (unpaired) electrons. The topological polar surface area (TPSA) is 43.1 Å². The van der Waals surface area contributed by atoms with Crippen LogP contribution >= 0.6 is 0 Å². The van der Waals surface area contributed by atoms with E-state index < -0.39 is 4.92 Å². The van der Waals surface area contributed by atoms with Gasteiger partial charge in [-0.3, -0.25) is 0 Å². The molecule has 0 fully saturated rings. The number of rotatable bonds is 0. The molecule has 0 aliphatic rings. The minimum Gasteiger partial charge on any atom is -0.249 e. The van der Waals surface area contributed by atoms with Gasteiger partial charge in [-0.25, -0.2) is 10.1 Å². The standard InChI is InChI=1S/C4HNO2/c1-2-3-4-5(6)7/h1H. The van der Waals surface area contributed by atoms with Crippen molar-refractivity contribution in [2.45, 2.75) is 0 Å². The van der Waals surface area contributed by atoms with E-state index in [2.05, 4.69) is 6.42 Å². The highest BCUT2D eigenvalue weighted by Crippen LogP contribution is 1.55. The molecule has 3 heteroatoms. The largest absolute Gasteiger partial charge is 0.304 e. The zero-order valence-corrected chi connectivity index (χ0v) is 3.34. The first kappa shape index (κ1) is 5.52. The first-order valence-corrected chi connectivity index (χ1v) is 1.38. The first-order chi connectivity index (χ1) is 3.27. The Morgan fingerprint density at radius 3 is 2.43 bits per heavy atom. The Bertz CT molecular complexity index is 166. The average molecular weight is 95.1 g/mol. The molecule has 0 aliphatic carbocycles. The molecule has 0 spiro atoms. The minimum atomic E-state index is -0.792. The van der Waals surface area contributed by atoms with E-state index in [1.807, 2.05) is 5.92 Å². The third-order valence-electron chi connectivity index (χ3n) is 0.219. The third kappa shape index (κ3) is 4.52. The highest BCUT2D eigenvalue weighted by Gasteiger charge is 1.76. The minimum absolute atomic E-state index is 0.792. The molecule has 0 amide bonds. The summed E-state index contributed by atoms with van der Waals surface area (Å²) in [6.45, 7) is 0. The Kier molecular flexibility index (Phi) is 2.16. The smallest absolute Gasteiger partial charge is 0.249 e. The summed E-state index contributed by atoms with van der Waals surface area (Å²) in [6, 6.07) is 1.53. The van der Waals surface area contributed by atoms with E-state index in [0.717, 1.165) is 0 Å². The quantitative estimate of drug-likeness (QED) is 0.182. The van der Waals surface area contributed by atoms with Gasteiger partial charge in [0, 0.05) is 0 Å². The van der Waals surface area contributed by atoms with Crippen molar-refractivity contribution in [1.82, 2.24) is 0 Å². The molecule has 0 aromatic rings. The van der Waals surface area contributed by atoms with E-state index in [4.69, 9.17) is 0 Å². The Balaban J connectivity index is 3.74. The Labute approximate surface area is 40.5 Å². The van der Waals surface area contributed by atoms with Crippen molar-refractivity contribution in [1.29, 1.82) is 0 Å². The highest BCUT2D eigenvalue weighted by atomic mass is 16.6. The van der Waals surface area contributed by atoms with Crippen LogP contribution in [0.15, 0.2) is 0 Å². The maximum absolute atomic E-state index is 9.29. The number of nitro groups is 1. The molecule has 0 aromatic carbocycles. The van der Waals surface area contributed by atoms with Crippen LogP contribution in [0.25, 0.3) is 0 Å². The lowest BCUT2D eigenvalue weighted by Gasteiger charge is -1.61. The maximum Gasteiger partial charge on any atom is 0.304 e. The van der Waals surface area contributed by atoms with Crippen molar-refractivity contribution < 1.29 is 4.92 Å². The third-order valence-corrected chi connectivity index (χ3v) is 0.219. The van der Waals surface area contributed by atoms with E-state index >= 15 is 0 Å². The van der Waals surface area contributed by atoms with Gasteiger partial charge in [0.15, 0.2) is 0 Å². The summed E-state index contributed by atoms with van der Waals surface area (Å²) in [5, 5.41) is 9.29. The molecule has 0 bridgehead atoms. The van der Waals surface area contributed by atoms with Crippen LogP contribution in [-0.4, -0.2) is 4.92 Å². The normalized spacial score (nSPS) is 5.00. The van der Waals surface area contributed by atoms with Crippen molar-refractivity contribution >= 4 is 0 Å². The van der Waals surface area contributed by atoms with Crippen molar-refractivity contribution in [3.63, 3.8) is 0 Å². The van der Waals surface area contributed by atoms with Crippen molar-refractivity contribution in [3.8, 4) is 24.3 Å². The molecule has 0 rings (SSSR count). The summed E-state index contributed by atoms with van der Waals surface area (Å²) in [4.78, 5) is 8.50. The van der Waals surface area contributed by atoms with E-state index in [-0.39, 0.29) is 0 Å². The van der Waals surface area contributed by atoms with Gasteiger partial charge in [-0.05, 0) is 5.92 Å². The van der Waals surface area contributed by atoms with E-state index in [1.165, 1.54) is 6.04 Å². The van der Waals surface area contributed by atoms with Crippen LogP contribution < -0.4 is 0 Å². The lowest BCUT2D eigenvalue weighted by molar-refractivity contribution is -0.379. The fourth-order valence-corrected chi connectivity index (χ4v) is 0.0779. The van der Waals surface area contributed by atoms with Gasteiger partial charge in [-0.1, -0.05) is 0 Å². The van der Waals surface area contributed by atoms with Gasteiger partial charge in [0.05, 0.1) is 5.92 Å². The van der Waals surface area contributed by atoms with Gasteiger partial charge in [0.1, 0.15) is 4.92 Å². The second-order valence-corrected chi connectivity index (χ2v) is 0.638. The molecule has 0 atom stereocenters. The summed E-state index contributed by atoms with van der Waals surface area (Å²) < 4.78 is 0. The number of terminal acetylenes is 1. The maximum atomic E-state index is 9.29. The van der Waals surface area contributed by atoms with Crippen LogP contribution in [0.1, 0.15) is 0 Å². The van der Waals surface area contributed by atoms with Crippen LogP contribution in [0.5, 0.6) is 0 Å². The van der Waals surface area contributed by atoms with Crippen molar-refractivity contribution in [2.24, 2.45) is 0 Å². The van der Waals surface area contributed by atoms with Gasteiger partial charge in [-0.2, -0.15) is 0 Å². The summed E-state index contributed by atoms with van der Waals surface area (Å²) >= 11 is 0. The van der Waals surface area contributed by atoms with Crippen molar-refractivity contribution in [3.05, 3.63) is 10.1 Å². The van der Waals surface area contributed by atoms with Gasteiger partial charge in [0.25, 0.3) is 0 Å². The predicted molar refractivity (Wildman–Crippen MR) is 23.6 cm³/mol. The van der Waals surface area contributed by atoms with Crippen LogP contribution in [0.3, 0.4) is 0 Å². The van der Waals surface area contributed by atoms with Gasteiger partial charge in [-0.15, -0.1) is 6.42 Å². The average Bonchev–Trinajstić information content (AvgIpc) is 1.61. The van der Waals surface area contributed by atoms with Crippen LogP contribution in [-0.2, 0) is 0 Å². The molecule has 7 heavy (non-hydrogen) atoms. The molecular formula is C4HNO2. The van der Waals surface area contributed by atoms with E-state index in [9.17, 15) is 10.1 Å². The summed E-state index contributed by atoms with van der Waals surface area (Å²) in [5.41, 5.74) is 0. The highest BCUT2D eigenvalue weighted by molar-refractivity contribution is 5.18. The molecular weight excluding hydrogens is 94.0 g/mol. The molecule has 34 valence electrons. The summed E-state index contributed by atoms with van der Waals surface area (Å²) in [7, 11) is 0. The SMILES string of the molecule is C#CC#C[N+](=O)[O-].